The van der Waals surface area contributed by atoms with Crippen molar-refractivity contribution in [1.82, 2.24) is 15.3 Å². The monoisotopic (exact) mass is 780 g/mol. The predicted molar refractivity (Wildman–Crippen MR) is 198 cm³/mol. The van der Waals surface area contributed by atoms with E-state index < -0.39 is 20.0 Å². The highest BCUT2D eigenvalue weighted by atomic mass is 127. The number of ether oxygens (including phenoxy) is 3. The van der Waals surface area contributed by atoms with Gasteiger partial charge in [-0.2, -0.15) is 0 Å². The van der Waals surface area contributed by atoms with Crippen LogP contribution in [0.5, 0.6) is 0 Å². The molecule has 1 aromatic heterocycles. The third-order valence-corrected chi connectivity index (χ3v) is 13.5. The number of methoxy groups -OCH3 is 2. The average Bonchev–Trinajstić information content (AvgIpc) is 3.03. The number of carbonyl (C=O) groups is 1. The van der Waals surface area contributed by atoms with Crippen molar-refractivity contribution in [3.05, 3.63) is 84.9 Å². The summed E-state index contributed by atoms with van der Waals surface area (Å²) in [6.45, 7) is 12.6. The van der Waals surface area contributed by atoms with Crippen molar-refractivity contribution in [3.63, 3.8) is 0 Å². The Hall–Kier alpha value is -2.46. The van der Waals surface area contributed by atoms with Crippen molar-refractivity contribution < 1.29 is 28.5 Å². The molecule has 1 amide bonds. The molecule has 2 aromatic carbocycles. The van der Waals surface area contributed by atoms with Crippen molar-refractivity contribution in [2.45, 2.75) is 82.9 Å². The van der Waals surface area contributed by atoms with Crippen LogP contribution in [0.25, 0.3) is 0 Å². The standard InChI is InChI=1S/C26H38INO4Si.C9H15N3O2/c1-25(2,3)32-24(29)28-22(18-27)23(30-7)19-31-33(26(4,5)6,20-14-10-8-11-15-20)21-16-12-9-13-17-21;1-14-8(6-13)7(10)5-9-11-3-2-4-12-9/h8-17,22-23H,18-19H2,1-7H3,(H,28,29);2-4,7-8,13H,5-6,10H2,1H3/t22-,23-;7-,8-/m11/s1. The molecule has 0 spiro atoms. The van der Waals surface area contributed by atoms with Crippen LogP contribution < -0.4 is 21.4 Å². The van der Waals surface area contributed by atoms with Crippen LogP contribution in [0.15, 0.2) is 79.1 Å². The van der Waals surface area contributed by atoms with Crippen LogP contribution in [0.3, 0.4) is 0 Å². The number of nitrogens with two attached hydrogens (primary N) is 1. The predicted octanol–water partition coefficient (Wildman–Crippen LogP) is 4.26. The van der Waals surface area contributed by atoms with E-state index in [-0.39, 0.29) is 35.9 Å². The van der Waals surface area contributed by atoms with Crippen LogP contribution in [-0.2, 0) is 25.1 Å². The van der Waals surface area contributed by atoms with Gasteiger partial charge in [-0.3, -0.25) is 0 Å². The van der Waals surface area contributed by atoms with Gasteiger partial charge in [0.1, 0.15) is 17.5 Å². The molecule has 0 saturated carbocycles. The lowest BCUT2D eigenvalue weighted by molar-refractivity contribution is 0.0196. The SMILES string of the molecule is CO[C@H](CO)[C@H](N)Cc1ncccn1.CO[C@H](CO[Si](c1ccccc1)(c1ccccc1)C(C)(C)C)[C@@H](CI)NC(=O)OC(C)(C)C. The minimum Gasteiger partial charge on any atom is -0.444 e. The number of alkyl carbamates (subject to hydrolysis) is 1. The number of hydrogen-bond donors (Lipinski definition) is 3. The largest absolute Gasteiger partial charge is 0.444 e. The number of nitrogens with zero attached hydrogens (tertiary/aromatic N) is 2. The molecule has 3 aromatic rings. The molecule has 0 bridgehead atoms. The Kier molecular flexibility index (Phi) is 16.9. The topological polar surface area (TPSA) is 138 Å². The van der Waals surface area contributed by atoms with Gasteiger partial charge in [-0.1, -0.05) is 104 Å². The van der Waals surface area contributed by atoms with Crippen LogP contribution in [-0.4, -0.2) is 91.2 Å². The lowest BCUT2D eigenvalue weighted by Crippen LogP contribution is -2.67. The summed E-state index contributed by atoms with van der Waals surface area (Å²) in [6, 6.07) is 22.2. The quantitative estimate of drug-likeness (QED) is 0.125. The lowest BCUT2D eigenvalue weighted by Gasteiger charge is -2.44. The average molecular weight is 781 g/mol. The molecule has 0 aliphatic carbocycles. The molecule has 0 saturated heterocycles. The van der Waals surface area contributed by atoms with Gasteiger partial charge in [0, 0.05) is 43.5 Å². The highest BCUT2D eigenvalue weighted by Crippen LogP contribution is 2.37. The molecule has 0 fully saturated rings. The Morgan fingerprint density at radius 1 is 0.894 bits per heavy atom. The van der Waals surface area contributed by atoms with Crippen molar-refractivity contribution in [1.29, 1.82) is 0 Å². The van der Waals surface area contributed by atoms with Crippen molar-refractivity contribution in [2.24, 2.45) is 5.73 Å². The molecule has 3 rings (SSSR count). The number of nitrogens with one attached hydrogen (secondary N) is 1. The van der Waals surface area contributed by atoms with Crippen molar-refractivity contribution >= 4 is 47.4 Å². The molecule has 4 N–H and O–H groups in total. The second kappa shape index (κ2) is 19.5. The zero-order chi connectivity index (χ0) is 35.1. The first-order valence-electron chi connectivity index (χ1n) is 15.7. The maximum absolute atomic E-state index is 12.4. The van der Waals surface area contributed by atoms with Crippen molar-refractivity contribution in [2.75, 3.05) is 31.9 Å². The van der Waals surface area contributed by atoms with E-state index in [2.05, 4.69) is 107 Å². The van der Waals surface area contributed by atoms with E-state index in [0.717, 1.165) is 0 Å². The number of aliphatic hydroxyl groups is 1. The number of hydrogen-bond acceptors (Lipinski definition) is 9. The zero-order valence-corrected chi connectivity index (χ0v) is 32.1. The van der Waals surface area contributed by atoms with E-state index in [1.165, 1.54) is 17.5 Å². The van der Waals surface area contributed by atoms with Gasteiger partial charge >= 0.3 is 6.09 Å². The zero-order valence-electron chi connectivity index (χ0n) is 29.0. The fourth-order valence-corrected chi connectivity index (χ4v) is 10.5. The summed E-state index contributed by atoms with van der Waals surface area (Å²) in [5, 5.41) is 14.2. The molecule has 4 atom stereocenters. The number of carbonyl (C=O) groups excluding carboxylic acids is 1. The highest BCUT2D eigenvalue weighted by molar-refractivity contribution is 14.1. The van der Waals surface area contributed by atoms with Gasteiger partial charge < -0.3 is 34.8 Å². The van der Waals surface area contributed by atoms with Gasteiger partial charge in [-0.05, 0) is 42.2 Å². The molecule has 0 aliphatic rings. The van der Waals surface area contributed by atoms with Crippen molar-refractivity contribution in [3.8, 4) is 0 Å². The first-order valence-corrected chi connectivity index (χ1v) is 19.1. The summed E-state index contributed by atoms with van der Waals surface area (Å²) in [7, 11) is 0.491. The minimum absolute atomic E-state index is 0.0928. The molecule has 1 heterocycles. The van der Waals surface area contributed by atoms with Gasteiger partial charge in [-0.25, -0.2) is 14.8 Å². The second-order valence-corrected chi connectivity index (χ2v) is 18.3. The molecule has 47 heavy (non-hydrogen) atoms. The number of alkyl halides is 1. The van der Waals surface area contributed by atoms with Gasteiger partial charge in [0.25, 0.3) is 8.32 Å². The van der Waals surface area contributed by atoms with E-state index in [9.17, 15) is 4.79 Å². The third-order valence-electron chi connectivity index (χ3n) is 7.50. The fraction of sp³-hybridized carbons (Fsp3) is 0.514. The number of amides is 1. The number of aliphatic hydroxyl groups excluding tert-OH is 1. The summed E-state index contributed by atoms with van der Waals surface area (Å²) in [5.74, 6) is 0.663. The van der Waals surface area contributed by atoms with E-state index in [1.54, 1.807) is 25.6 Å². The summed E-state index contributed by atoms with van der Waals surface area (Å²) in [4.78, 5) is 20.5. The van der Waals surface area contributed by atoms with E-state index in [0.29, 0.717) is 23.3 Å². The molecule has 0 unspecified atom stereocenters. The summed E-state index contributed by atoms with van der Waals surface area (Å²) >= 11 is 2.26. The number of halogens is 1. The van der Waals surface area contributed by atoms with E-state index in [1.807, 2.05) is 32.9 Å². The maximum atomic E-state index is 12.4. The van der Waals surface area contributed by atoms with Gasteiger partial charge in [-0.15, -0.1) is 0 Å². The smallest absolute Gasteiger partial charge is 0.407 e. The van der Waals surface area contributed by atoms with Crippen LogP contribution in [0, 0.1) is 0 Å². The molecule has 10 nitrogen and oxygen atoms in total. The van der Waals surface area contributed by atoms with Gasteiger partial charge in [0.05, 0.1) is 25.4 Å². The fourth-order valence-electron chi connectivity index (χ4n) is 5.17. The Bertz CT molecular complexity index is 1250. The first kappa shape index (κ1) is 40.7. The second-order valence-electron chi connectivity index (χ2n) is 13.1. The highest BCUT2D eigenvalue weighted by Gasteiger charge is 2.50. The normalized spacial score (nSPS) is 14.6. The minimum atomic E-state index is -2.69. The number of aromatic nitrogens is 2. The number of benzene rings is 2. The van der Waals surface area contributed by atoms with Gasteiger partial charge in [0.2, 0.25) is 0 Å². The lowest BCUT2D eigenvalue weighted by atomic mass is 10.1. The number of rotatable bonds is 14. The molecule has 260 valence electrons. The van der Waals surface area contributed by atoms with Crippen LogP contribution in [0.2, 0.25) is 5.04 Å². The van der Waals surface area contributed by atoms with Crippen LogP contribution >= 0.6 is 22.6 Å². The molecule has 0 radical (unpaired) electrons. The Morgan fingerprint density at radius 2 is 1.40 bits per heavy atom. The Morgan fingerprint density at radius 3 is 1.81 bits per heavy atom. The summed E-state index contributed by atoms with van der Waals surface area (Å²) in [6.07, 6.45) is 2.69. The van der Waals surface area contributed by atoms with Gasteiger partial charge in [0.15, 0.2) is 0 Å². The molecular formula is C35H53IN4O6Si. The molecule has 0 aliphatic heterocycles. The first-order chi connectivity index (χ1) is 22.2. The molecular weight excluding hydrogens is 727 g/mol. The Balaban J connectivity index is 0.000000456. The Labute approximate surface area is 295 Å². The van der Waals surface area contributed by atoms with Crippen LogP contribution in [0.1, 0.15) is 47.4 Å². The van der Waals surface area contributed by atoms with Crippen LogP contribution in [0.4, 0.5) is 4.79 Å². The van der Waals surface area contributed by atoms with E-state index >= 15 is 0 Å². The molecule has 12 heteroatoms. The third kappa shape index (κ3) is 12.5. The maximum Gasteiger partial charge on any atom is 0.407 e. The van der Waals surface area contributed by atoms with E-state index in [4.69, 9.17) is 29.5 Å². The summed E-state index contributed by atoms with van der Waals surface area (Å²) < 4.78 is 24.0. The summed E-state index contributed by atoms with van der Waals surface area (Å²) in [5.41, 5.74) is 5.24.